The predicted octanol–water partition coefficient (Wildman–Crippen LogP) is 2.50. The fraction of sp³-hybridized carbons (Fsp3) is 0.500. The van der Waals surface area contributed by atoms with Gasteiger partial charge in [0, 0.05) is 38.4 Å². The van der Waals surface area contributed by atoms with Gasteiger partial charge in [-0.2, -0.15) is 5.10 Å². The lowest BCUT2D eigenvalue weighted by Crippen LogP contribution is -2.31. The van der Waals surface area contributed by atoms with Crippen LogP contribution >= 0.6 is 0 Å². The van der Waals surface area contributed by atoms with Crippen LogP contribution in [0.2, 0.25) is 0 Å². The Labute approximate surface area is 202 Å². The molecule has 4 aromatic rings. The molecule has 2 N–H and O–H groups in total. The number of carbonyl (C=O) groups excluding carboxylic acids is 1. The van der Waals surface area contributed by atoms with Crippen LogP contribution in [0, 0.1) is 12.8 Å². The number of aryl methyl sites for hydroxylation is 4. The van der Waals surface area contributed by atoms with Crippen LogP contribution in [-0.2, 0) is 31.4 Å². The summed E-state index contributed by atoms with van der Waals surface area (Å²) < 4.78 is 5.08. The normalized spacial score (nSPS) is 11.7. The molecule has 1 amide bonds. The third kappa shape index (κ3) is 4.89. The van der Waals surface area contributed by atoms with Gasteiger partial charge in [0.2, 0.25) is 5.91 Å². The van der Waals surface area contributed by atoms with Crippen molar-refractivity contribution in [1.82, 2.24) is 33.9 Å². The van der Waals surface area contributed by atoms with Crippen LogP contribution < -0.4 is 16.6 Å². The van der Waals surface area contributed by atoms with E-state index >= 15 is 0 Å². The maximum Gasteiger partial charge on any atom is 0.330 e. The summed E-state index contributed by atoms with van der Waals surface area (Å²) >= 11 is 0. The summed E-state index contributed by atoms with van der Waals surface area (Å²) in [4.78, 5) is 49.5. The molecule has 0 aliphatic heterocycles. The molecule has 0 saturated heterocycles. The summed E-state index contributed by atoms with van der Waals surface area (Å²) in [6.07, 6.45) is 3.82. The highest BCUT2D eigenvalue weighted by atomic mass is 16.2. The molecule has 0 spiro atoms. The Kier molecular flexibility index (Phi) is 6.86. The summed E-state index contributed by atoms with van der Waals surface area (Å²) in [6.45, 7) is 9.07. The first-order valence-corrected chi connectivity index (χ1v) is 12.0. The Morgan fingerprint density at radius 3 is 2.69 bits per heavy atom. The molecule has 0 saturated carbocycles. The van der Waals surface area contributed by atoms with E-state index < -0.39 is 11.2 Å². The largest absolute Gasteiger partial charge is 0.330 e. The van der Waals surface area contributed by atoms with Crippen LogP contribution in [0.3, 0.4) is 0 Å². The number of nitrogens with zero attached hydrogens (tertiary/aromatic N) is 6. The maximum atomic E-state index is 12.8. The van der Waals surface area contributed by atoms with Crippen molar-refractivity contribution in [2.24, 2.45) is 13.0 Å². The molecule has 186 valence electrons. The minimum atomic E-state index is -0.456. The number of aromatic nitrogens is 7. The number of pyridine rings is 1. The first kappa shape index (κ1) is 24.4. The van der Waals surface area contributed by atoms with E-state index in [0.717, 1.165) is 29.6 Å². The molecule has 0 unspecified atom stereocenters. The smallest absolute Gasteiger partial charge is 0.325 e. The van der Waals surface area contributed by atoms with Gasteiger partial charge in [0.1, 0.15) is 5.82 Å². The molecule has 11 heteroatoms. The van der Waals surface area contributed by atoms with Gasteiger partial charge >= 0.3 is 5.69 Å². The van der Waals surface area contributed by atoms with Gasteiger partial charge in [-0.1, -0.05) is 27.2 Å². The highest BCUT2D eigenvalue weighted by Crippen LogP contribution is 2.20. The Bertz CT molecular complexity index is 1510. The molecule has 0 radical (unpaired) electrons. The number of fused-ring (bicyclic) bond motifs is 2. The standard InChI is InChI=1S/C24H32N8O3/c1-6-7-10-31-22-20(23(34)28-24(31)35)32(13-14(2)3)18(27-22)8-9-19(33)26-16-11-17-15(4)29-30(5)21(17)25-12-16/h11-12,14H,6-10,13H2,1-5H3,(H,26,33)(H,28,34,35). The van der Waals surface area contributed by atoms with E-state index in [1.165, 1.54) is 4.57 Å². The molecule has 0 bridgehead atoms. The number of H-pyrrole nitrogens is 1. The van der Waals surface area contributed by atoms with Crippen LogP contribution in [0.25, 0.3) is 22.2 Å². The molecule has 0 aliphatic carbocycles. The SMILES string of the molecule is CCCCn1c(=O)[nH]c(=O)c2c1nc(CCC(=O)Nc1cnc3c(c1)c(C)nn3C)n2CC(C)C. The fourth-order valence-electron chi connectivity index (χ4n) is 4.32. The Morgan fingerprint density at radius 1 is 1.20 bits per heavy atom. The van der Waals surface area contributed by atoms with Gasteiger partial charge in [-0.15, -0.1) is 0 Å². The second-order valence-corrected chi connectivity index (χ2v) is 9.32. The van der Waals surface area contributed by atoms with Crippen molar-refractivity contribution >= 4 is 33.8 Å². The molecule has 11 nitrogen and oxygen atoms in total. The van der Waals surface area contributed by atoms with Gasteiger partial charge < -0.3 is 9.88 Å². The summed E-state index contributed by atoms with van der Waals surface area (Å²) in [5.41, 5.74) is 2.04. The van der Waals surface area contributed by atoms with Gasteiger partial charge in [-0.05, 0) is 25.3 Å². The lowest BCUT2D eigenvalue weighted by molar-refractivity contribution is -0.116. The van der Waals surface area contributed by atoms with Gasteiger partial charge in [0.15, 0.2) is 16.8 Å². The van der Waals surface area contributed by atoms with Crippen molar-refractivity contribution in [1.29, 1.82) is 0 Å². The summed E-state index contributed by atoms with van der Waals surface area (Å²) in [7, 11) is 1.83. The van der Waals surface area contributed by atoms with Crippen molar-refractivity contribution < 1.29 is 4.79 Å². The topological polar surface area (TPSA) is 132 Å². The van der Waals surface area contributed by atoms with E-state index in [0.29, 0.717) is 42.2 Å². The highest BCUT2D eigenvalue weighted by molar-refractivity contribution is 5.93. The van der Waals surface area contributed by atoms with Crippen molar-refractivity contribution in [3.63, 3.8) is 0 Å². The van der Waals surface area contributed by atoms with Crippen LogP contribution in [0.15, 0.2) is 21.9 Å². The van der Waals surface area contributed by atoms with Gasteiger partial charge in [0.05, 0.1) is 17.6 Å². The van der Waals surface area contributed by atoms with Crippen LogP contribution in [-0.4, -0.2) is 39.8 Å². The van der Waals surface area contributed by atoms with E-state index in [1.807, 2.05) is 45.4 Å². The maximum absolute atomic E-state index is 12.8. The number of hydrogen-bond donors (Lipinski definition) is 2. The van der Waals surface area contributed by atoms with Crippen molar-refractivity contribution in [3.8, 4) is 0 Å². The number of nitrogens with one attached hydrogen (secondary N) is 2. The lowest BCUT2D eigenvalue weighted by atomic mass is 10.2. The van der Waals surface area contributed by atoms with Gasteiger partial charge in [-0.25, -0.2) is 14.8 Å². The van der Waals surface area contributed by atoms with E-state index in [9.17, 15) is 14.4 Å². The molecular formula is C24H32N8O3. The number of hydrogen-bond acceptors (Lipinski definition) is 6. The summed E-state index contributed by atoms with van der Waals surface area (Å²) in [5.74, 6) is 0.672. The molecule has 0 aromatic carbocycles. The van der Waals surface area contributed by atoms with Crippen molar-refractivity contribution in [3.05, 3.63) is 44.6 Å². The zero-order chi connectivity index (χ0) is 25.3. The molecule has 4 aromatic heterocycles. The third-order valence-electron chi connectivity index (χ3n) is 5.97. The predicted molar refractivity (Wildman–Crippen MR) is 135 cm³/mol. The molecule has 4 rings (SSSR count). The highest BCUT2D eigenvalue weighted by Gasteiger charge is 2.20. The quantitative estimate of drug-likeness (QED) is 0.378. The monoisotopic (exact) mass is 480 g/mol. The Morgan fingerprint density at radius 2 is 1.97 bits per heavy atom. The number of unbranched alkanes of at least 4 members (excludes halogenated alkanes) is 1. The zero-order valence-electron chi connectivity index (χ0n) is 20.9. The average Bonchev–Trinajstić information content (AvgIpc) is 3.28. The van der Waals surface area contributed by atoms with Gasteiger partial charge in [-0.3, -0.25) is 23.8 Å². The minimum absolute atomic E-state index is 0.169. The molecular weight excluding hydrogens is 448 g/mol. The number of amides is 1. The van der Waals surface area contributed by atoms with Gasteiger partial charge in [0.25, 0.3) is 5.56 Å². The number of carbonyl (C=O) groups is 1. The molecule has 4 heterocycles. The Hall–Kier alpha value is -3.76. The summed E-state index contributed by atoms with van der Waals surface area (Å²) in [5, 5.41) is 8.14. The minimum Gasteiger partial charge on any atom is -0.325 e. The third-order valence-corrected chi connectivity index (χ3v) is 5.97. The van der Waals surface area contributed by atoms with E-state index in [2.05, 4.69) is 25.4 Å². The molecule has 0 aliphatic rings. The second kappa shape index (κ2) is 9.85. The van der Waals surface area contributed by atoms with Crippen LogP contribution in [0.1, 0.15) is 51.6 Å². The lowest BCUT2D eigenvalue weighted by Gasteiger charge is -2.11. The van der Waals surface area contributed by atoms with Crippen molar-refractivity contribution in [2.75, 3.05) is 5.32 Å². The molecule has 0 fully saturated rings. The van der Waals surface area contributed by atoms with E-state index in [4.69, 9.17) is 0 Å². The van der Waals surface area contributed by atoms with Crippen LogP contribution in [0.5, 0.6) is 0 Å². The number of anilines is 1. The van der Waals surface area contributed by atoms with E-state index in [-0.39, 0.29) is 18.2 Å². The van der Waals surface area contributed by atoms with Crippen molar-refractivity contribution in [2.45, 2.75) is 66.5 Å². The first-order chi connectivity index (χ1) is 16.7. The zero-order valence-corrected chi connectivity index (χ0v) is 20.9. The second-order valence-electron chi connectivity index (χ2n) is 9.32. The van der Waals surface area contributed by atoms with E-state index in [1.54, 1.807) is 10.9 Å². The summed E-state index contributed by atoms with van der Waals surface area (Å²) in [6, 6.07) is 1.86. The number of rotatable bonds is 9. The number of aromatic amines is 1. The Balaban J connectivity index is 1.61. The fourth-order valence-corrected chi connectivity index (χ4v) is 4.32. The molecule has 0 atom stereocenters. The van der Waals surface area contributed by atoms with Crippen LogP contribution in [0.4, 0.5) is 5.69 Å². The molecule has 35 heavy (non-hydrogen) atoms. The first-order valence-electron chi connectivity index (χ1n) is 12.0. The average molecular weight is 481 g/mol. The number of imidazole rings is 1.